The maximum Gasteiger partial charge on any atom is 0.0535 e. The monoisotopic (exact) mass is 211 g/mol. The lowest BCUT2D eigenvalue weighted by Gasteiger charge is -2.10. The van der Waals surface area contributed by atoms with Gasteiger partial charge in [0.05, 0.1) is 6.20 Å². The Morgan fingerprint density at radius 1 is 1.71 bits per heavy atom. The Bertz CT molecular complexity index is 297. The SMILES string of the molecule is Cc1[nH]ncc1CNC1CSC(C)C1. The molecule has 1 aromatic heterocycles. The Morgan fingerprint density at radius 2 is 2.57 bits per heavy atom. The molecule has 2 N–H and O–H groups in total. The number of hydrogen-bond donors (Lipinski definition) is 2. The molecule has 0 radical (unpaired) electrons. The molecule has 0 aliphatic carbocycles. The van der Waals surface area contributed by atoms with Crippen molar-refractivity contribution >= 4 is 11.8 Å². The molecule has 2 unspecified atom stereocenters. The van der Waals surface area contributed by atoms with Gasteiger partial charge in [-0.2, -0.15) is 16.9 Å². The minimum atomic E-state index is 0.685. The molecule has 14 heavy (non-hydrogen) atoms. The van der Waals surface area contributed by atoms with E-state index in [2.05, 4.69) is 41.1 Å². The van der Waals surface area contributed by atoms with E-state index in [0.29, 0.717) is 6.04 Å². The molecule has 2 heterocycles. The summed E-state index contributed by atoms with van der Waals surface area (Å²) in [6.07, 6.45) is 3.20. The Hall–Kier alpha value is -0.480. The van der Waals surface area contributed by atoms with Crippen LogP contribution < -0.4 is 5.32 Å². The van der Waals surface area contributed by atoms with Gasteiger partial charge in [0.25, 0.3) is 0 Å². The predicted octanol–water partition coefficient (Wildman–Crippen LogP) is 1.70. The first-order chi connectivity index (χ1) is 6.75. The van der Waals surface area contributed by atoms with Gasteiger partial charge in [0, 0.05) is 34.8 Å². The van der Waals surface area contributed by atoms with E-state index in [4.69, 9.17) is 0 Å². The first-order valence-electron chi connectivity index (χ1n) is 5.09. The van der Waals surface area contributed by atoms with E-state index in [-0.39, 0.29) is 0 Å². The van der Waals surface area contributed by atoms with Crippen molar-refractivity contribution in [2.45, 2.75) is 38.1 Å². The number of hydrogen-bond acceptors (Lipinski definition) is 3. The molecule has 1 aromatic rings. The summed E-state index contributed by atoms with van der Waals surface area (Å²) in [5, 5.41) is 11.4. The van der Waals surface area contributed by atoms with Crippen molar-refractivity contribution in [1.29, 1.82) is 0 Å². The summed E-state index contributed by atoms with van der Waals surface area (Å²) in [6, 6.07) is 0.685. The van der Waals surface area contributed by atoms with Crippen molar-refractivity contribution in [3.63, 3.8) is 0 Å². The van der Waals surface area contributed by atoms with Crippen molar-refractivity contribution in [3.05, 3.63) is 17.5 Å². The Kier molecular flexibility index (Phi) is 3.13. The number of thioether (sulfide) groups is 1. The molecular formula is C10H17N3S. The van der Waals surface area contributed by atoms with Crippen LogP contribution in [0.2, 0.25) is 0 Å². The summed E-state index contributed by atoms with van der Waals surface area (Å²) in [5.74, 6) is 1.25. The zero-order valence-electron chi connectivity index (χ0n) is 8.71. The van der Waals surface area contributed by atoms with Gasteiger partial charge >= 0.3 is 0 Å². The highest BCUT2D eigenvalue weighted by atomic mass is 32.2. The van der Waals surface area contributed by atoms with Crippen molar-refractivity contribution < 1.29 is 0 Å². The van der Waals surface area contributed by atoms with Crippen LogP contribution in [-0.2, 0) is 6.54 Å². The van der Waals surface area contributed by atoms with E-state index in [9.17, 15) is 0 Å². The van der Waals surface area contributed by atoms with Gasteiger partial charge in [0.15, 0.2) is 0 Å². The fourth-order valence-corrected chi connectivity index (χ4v) is 2.95. The second kappa shape index (κ2) is 4.36. The van der Waals surface area contributed by atoms with Gasteiger partial charge in [-0.05, 0) is 13.3 Å². The van der Waals surface area contributed by atoms with Gasteiger partial charge in [-0.3, -0.25) is 5.10 Å². The molecule has 1 saturated heterocycles. The number of rotatable bonds is 3. The normalized spacial score (nSPS) is 27.0. The molecule has 2 rings (SSSR count). The van der Waals surface area contributed by atoms with Crippen LogP contribution in [-0.4, -0.2) is 27.2 Å². The molecular weight excluding hydrogens is 194 g/mol. The lowest BCUT2D eigenvalue weighted by atomic mass is 10.2. The summed E-state index contributed by atoms with van der Waals surface area (Å²) in [6.45, 7) is 5.31. The lowest BCUT2D eigenvalue weighted by Crippen LogP contribution is -2.28. The summed E-state index contributed by atoms with van der Waals surface area (Å²) in [5.41, 5.74) is 2.46. The Balaban J connectivity index is 1.80. The van der Waals surface area contributed by atoms with Gasteiger partial charge in [-0.15, -0.1) is 0 Å². The predicted molar refractivity (Wildman–Crippen MR) is 60.5 cm³/mol. The largest absolute Gasteiger partial charge is 0.309 e. The van der Waals surface area contributed by atoms with Gasteiger partial charge in [0.1, 0.15) is 0 Å². The molecule has 0 bridgehead atoms. The maximum atomic E-state index is 4.01. The lowest BCUT2D eigenvalue weighted by molar-refractivity contribution is 0.538. The van der Waals surface area contributed by atoms with Crippen LogP contribution in [0, 0.1) is 6.92 Å². The number of aromatic amines is 1. The van der Waals surface area contributed by atoms with E-state index < -0.39 is 0 Å². The average molecular weight is 211 g/mol. The first-order valence-corrected chi connectivity index (χ1v) is 6.14. The molecule has 4 heteroatoms. The Morgan fingerprint density at radius 3 is 3.14 bits per heavy atom. The number of aryl methyl sites for hydroxylation is 1. The van der Waals surface area contributed by atoms with Crippen LogP contribution in [0.15, 0.2) is 6.20 Å². The number of H-pyrrole nitrogens is 1. The zero-order chi connectivity index (χ0) is 9.97. The number of nitrogens with zero attached hydrogens (tertiary/aromatic N) is 1. The van der Waals surface area contributed by atoms with Crippen LogP contribution in [0.4, 0.5) is 0 Å². The van der Waals surface area contributed by atoms with Crippen LogP contribution in [0.5, 0.6) is 0 Å². The minimum Gasteiger partial charge on any atom is -0.309 e. The third kappa shape index (κ3) is 2.30. The van der Waals surface area contributed by atoms with Gasteiger partial charge < -0.3 is 5.32 Å². The quantitative estimate of drug-likeness (QED) is 0.799. The van der Waals surface area contributed by atoms with Crippen LogP contribution in [0.3, 0.4) is 0 Å². The molecule has 2 atom stereocenters. The molecule has 3 nitrogen and oxygen atoms in total. The van der Waals surface area contributed by atoms with Gasteiger partial charge in [-0.1, -0.05) is 6.92 Å². The highest BCUT2D eigenvalue weighted by molar-refractivity contribution is 8.00. The third-order valence-corrected chi connectivity index (χ3v) is 4.07. The molecule has 0 saturated carbocycles. The van der Waals surface area contributed by atoms with Crippen molar-refractivity contribution in [1.82, 2.24) is 15.5 Å². The molecule has 0 amide bonds. The third-order valence-electron chi connectivity index (χ3n) is 2.71. The van der Waals surface area contributed by atoms with Crippen LogP contribution >= 0.6 is 11.8 Å². The molecule has 1 aliphatic rings. The smallest absolute Gasteiger partial charge is 0.0535 e. The van der Waals surface area contributed by atoms with E-state index >= 15 is 0 Å². The summed E-state index contributed by atoms with van der Waals surface area (Å²) in [4.78, 5) is 0. The second-order valence-corrected chi connectivity index (χ2v) is 5.45. The Labute approximate surface area is 89.1 Å². The standard InChI is InChI=1S/C10H17N3S/c1-7-3-10(6-14-7)11-4-9-5-12-13-8(9)2/h5,7,10-11H,3-4,6H2,1-2H3,(H,12,13). The van der Waals surface area contributed by atoms with E-state index in [1.807, 2.05) is 6.20 Å². The first kappa shape index (κ1) is 10.1. The van der Waals surface area contributed by atoms with Crippen molar-refractivity contribution in [2.24, 2.45) is 0 Å². The average Bonchev–Trinajstić information content (AvgIpc) is 2.72. The zero-order valence-corrected chi connectivity index (χ0v) is 9.53. The number of aromatic nitrogens is 2. The summed E-state index contributed by atoms with van der Waals surface area (Å²) in [7, 11) is 0. The van der Waals surface area contributed by atoms with Crippen LogP contribution in [0.1, 0.15) is 24.6 Å². The van der Waals surface area contributed by atoms with Crippen LogP contribution in [0.25, 0.3) is 0 Å². The second-order valence-electron chi connectivity index (χ2n) is 3.98. The molecule has 1 aliphatic heterocycles. The van der Waals surface area contributed by atoms with Crippen molar-refractivity contribution in [3.8, 4) is 0 Å². The van der Waals surface area contributed by atoms with E-state index in [0.717, 1.165) is 11.8 Å². The van der Waals surface area contributed by atoms with Gasteiger partial charge in [0.2, 0.25) is 0 Å². The molecule has 78 valence electrons. The topological polar surface area (TPSA) is 40.7 Å². The van der Waals surface area contributed by atoms with E-state index in [1.165, 1.54) is 23.4 Å². The molecule has 0 spiro atoms. The molecule has 0 aromatic carbocycles. The van der Waals surface area contributed by atoms with Gasteiger partial charge in [-0.25, -0.2) is 0 Å². The summed E-state index contributed by atoms with van der Waals surface area (Å²) < 4.78 is 0. The maximum absolute atomic E-state index is 4.01. The fourth-order valence-electron chi connectivity index (χ4n) is 1.77. The van der Waals surface area contributed by atoms with E-state index in [1.54, 1.807) is 0 Å². The number of nitrogens with one attached hydrogen (secondary N) is 2. The summed E-state index contributed by atoms with van der Waals surface area (Å²) >= 11 is 2.06. The highest BCUT2D eigenvalue weighted by Gasteiger charge is 2.21. The van der Waals surface area contributed by atoms with Crippen molar-refractivity contribution in [2.75, 3.05) is 5.75 Å². The highest BCUT2D eigenvalue weighted by Crippen LogP contribution is 2.26. The minimum absolute atomic E-state index is 0.685. The molecule has 1 fully saturated rings. The fraction of sp³-hybridized carbons (Fsp3) is 0.700.